The number of pyridine rings is 1. The van der Waals surface area contributed by atoms with Crippen molar-refractivity contribution in [3.8, 4) is 23.4 Å². The molecule has 2 aliphatic rings. The van der Waals surface area contributed by atoms with Crippen LogP contribution < -0.4 is 11.1 Å². The minimum absolute atomic E-state index is 0.491. The smallest absolute Gasteiger partial charge is 0.224 e. The van der Waals surface area contributed by atoms with Gasteiger partial charge in [0, 0.05) is 18.7 Å². The van der Waals surface area contributed by atoms with Gasteiger partial charge in [0.15, 0.2) is 0 Å². The Morgan fingerprint density at radius 2 is 1.71 bits per heavy atom. The van der Waals surface area contributed by atoms with Crippen LogP contribution in [-0.4, -0.2) is 32.1 Å². The van der Waals surface area contributed by atoms with Crippen molar-refractivity contribution in [2.24, 2.45) is 5.92 Å². The molecule has 0 atom stereocenters. The summed E-state index contributed by atoms with van der Waals surface area (Å²) in [7, 11) is 0. The number of hydrogen-bond donors (Lipinski definition) is 2. The lowest BCUT2D eigenvalue weighted by Gasteiger charge is -2.09. The maximum Gasteiger partial charge on any atom is 0.224 e. The van der Waals surface area contributed by atoms with Crippen molar-refractivity contribution in [1.82, 2.24) is 19.9 Å². The van der Waals surface area contributed by atoms with E-state index in [0.717, 1.165) is 44.6 Å². The zero-order valence-corrected chi connectivity index (χ0v) is 22.7. The number of rotatable bonds is 5. The molecule has 0 saturated heterocycles. The fourth-order valence-electron chi connectivity index (χ4n) is 3.13. The third-order valence-corrected chi connectivity index (χ3v) is 5.92. The first-order valence-electron chi connectivity index (χ1n) is 12.3. The third-order valence-electron chi connectivity index (χ3n) is 4.88. The summed E-state index contributed by atoms with van der Waals surface area (Å²) in [6, 6.07) is 2.03. The molecule has 3 aromatic heterocycles. The Labute approximate surface area is 213 Å². The topological polar surface area (TPSA) is 89.6 Å². The highest BCUT2D eigenvalue weighted by atomic mass is 32.1. The molecular formula is C27H39FN6S. The van der Waals surface area contributed by atoms with Crippen LogP contribution in [0.3, 0.4) is 0 Å². The van der Waals surface area contributed by atoms with Gasteiger partial charge in [0.1, 0.15) is 22.0 Å². The molecule has 5 rings (SSSR count). The van der Waals surface area contributed by atoms with Crippen molar-refractivity contribution < 1.29 is 4.39 Å². The monoisotopic (exact) mass is 498 g/mol. The van der Waals surface area contributed by atoms with Crippen molar-refractivity contribution in [3.05, 3.63) is 23.7 Å². The summed E-state index contributed by atoms with van der Waals surface area (Å²) in [5.74, 6) is 2.45. The van der Waals surface area contributed by atoms with Gasteiger partial charge in [0.2, 0.25) is 5.95 Å². The molecule has 0 unspecified atom stereocenters. The normalized spacial score (nSPS) is 14.5. The summed E-state index contributed by atoms with van der Waals surface area (Å²) in [4.78, 5) is 18.5. The first-order chi connectivity index (χ1) is 16.6. The number of nitrogens with two attached hydrogens (primary N) is 1. The maximum absolute atomic E-state index is 11.7. The average Bonchev–Trinajstić information content (AvgIpc) is 3.70. The number of aryl methyl sites for hydroxylation is 1. The molecule has 2 aliphatic carbocycles. The van der Waals surface area contributed by atoms with Gasteiger partial charge in [-0.1, -0.05) is 20.3 Å². The summed E-state index contributed by atoms with van der Waals surface area (Å²) in [5.41, 5.74) is 9.12. The average molecular weight is 499 g/mol. The van der Waals surface area contributed by atoms with E-state index in [1.54, 1.807) is 11.3 Å². The number of hydrogen-bond acceptors (Lipinski definition) is 7. The molecule has 3 aromatic rings. The van der Waals surface area contributed by atoms with Crippen molar-refractivity contribution in [2.45, 2.75) is 85.2 Å². The van der Waals surface area contributed by atoms with Crippen LogP contribution in [0.4, 0.5) is 16.2 Å². The van der Waals surface area contributed by atoms with Gasteiger partial charge < -0.3 is 11.1 Å². The Morgan fingerprint density at radius 1 is 1.11 bits per heavy atom. The number of alkyl halides is 1. The number of nitrogen functional groups attached to an aromatic ring is 1. The van der Waals surface area contributed by atoms with Gasteiger partial charge in [-0.2, -0.15) is 4.98 Å². The number of aromatic nitrogens is 4. The quantitative estimate of drug-likeness (QED) is 0.363. The zero-order chi connectivity index (χ0) is 26.2. The summed E-state index contributed by atoms with van der Waals surface area (Å²) >= 11 is 1.64. The molecule has 35 heavy (non-hydrogen) atoms. The molecule has 2 fully saturated rings. The van der Waals surface area contributed by atoms with Crippen LogP contribution in [0.1, 0.15) is 84.0 Å². The number of nitrogens with one attached hydrogen (secondary N) is 1. The molecule has 6 nitrogen and oxygen atoms in total. The van der Waals surface area contributed by atoms with Gasteiger partial charge in [0.25, 0.3) is 0 Å². The van der Waals surface area contributed by atoms with Gasteiger partial charge in [0.05, 0.1) is 21.7 Å². The van der Waals surface area contributed by atoms with Crippen molar-refractivity contribution in [1.29, 1.82) is 0 Å². The summed E-state index contributed by atoms with van der Waals surface area (Å²) < 4.78 is 12.8. The highest BCUT2D eigenvalue weighted by Crippen LogP contribution is 2.44. The lowest BCUT2D eigenvalue weighted by atomic mass is 10.2. The third kappa shape index (κ3) is 9.06. The molecule has 190 valence electrons. The maximum atomic E-state index is 11.7. The highest BCUT2D eigenvalue weighted by Gasteiger charge is 2.28. The van der Waals surface area contributed by atoms with Gasteiger partial charge in [-0.15, -0.1) is 24.2 Å². The van der Waals surface area contributed by atoms with E-state index in [2.05, 4.69) is 47.0 Å². The number of fused-ring (bicyclic) bond motifs is 1. The molecule has 0 aliphatic heterocycles. The highest BCUT2D eigenvalue weighted by molar-refractivity contribution is 7.21. The van der Waals surface area contributed by atoms with Gasteiger partial charge in [-0.25, -0.2) is 14.4 Å². The minimum Gasteiger partial charge on any atom is -0.383 e. The van der Waals surface area contributed by atoms with Crippen LogP contribution in [0, 0.1) is 25.7 Å². The van der Waals surface area contributed by atoms with Crippen LogP contribution in [-0.2, 0) is 0 Å². The van der Waals surface area contributed by atoms with Crippen molar-refractivity contribution in [2.75, 3.05) is 17.6 Å². The van der Waals surface area contributed by atoms with Gasteiger partial charge >= 0.3 is 0 Å². The lowest BCUT2D eigenvalue weighted by Crippen LogP contribution is -2.10. The van der Waals surface area contributed by atoms with E-state index in [1.165, 1.54) is 52.9 Å². The first-order valence-corrected chi connectivity index (χ1v) is 13.1. The Morgan fingerprint density at radius 3 is 2.23 bits per heavy atom. The van der Waals surface area contributed by atoms with Crippen LogP contribution in [0.25, 0.3) is 20.8 Å². The summed E-state index contributed by atoms with van der Waals surface area (Å²) in [6.45, 7) is 11.7. The van der Waals surface area contributed by atoms with Gasteiger partial charge in [-0.05, 0) is 65.4 Å². The van der Waals surface area contributed by atoms with Crippen LogP contribution >= 0.6 is 11.3 Å². The van der Waals surface area contributed by atoms with E-state index in [1.807, 2.05) is 19.2 Å². The Hall–Kier alpha value is -2.79. The lowest BCUT2D eigenvalue weighted by molar-refractivity contribution is 0.246. The van der Waals surface area contributed by atoms with Crippen LogP contribution in [0.5, 0.6) is 0 Å². The molecule has 3 N–H and O–H groups in total. The standard InChI is InChI=1S/C18H20N6S.C4H9F.C3H8.C2H2/c1-9-13(16(19)24-18(22-9)21-8-10-2-3-10)17-23-15-12(25-17)6-7-20-14(15)11-4-5-11;1-4(2,3)5;1-3-2;1-2/h6-7,10-11H,2-5,8H2,1H3,(H3,19,21,22,24);1-3H3;3H2,1-2H3;1-2H. The summed E-state index contributed by atoms with van der Waals surface area (Å²) in [5, 5.41) is 4.18. The van der Waals surface area contributed by atoms with E-state index in [9.17, 15) is 4.39 Å². The fraction of sp³-hybridized carbons (Fsp3) is 0.556. The Balaban J connectivity index is 0.000000375. The van der Waals surface area contributed by atoms with E-state index >= 15 is 0 Å². The number of halogens is 1. The first kappa shape index (κ1) is 28.4. The van der Waals surface area contributed by atoms with E-state index in [-0.39, 0.29) is 0 Å². The number of anilines is 2. The molecule has 8 heteroatoms. The summed E-state index contributed by atoms with van der Waals surface area (Å²) in [6.07, 6.45) is 16.1. The van der Waals surface area contributed by atoms with Crippen molar-refractivity contribution in [3.63, 3.8) is 0 Å². The van der Waals surface area contributed by atoms with E-state index in [4.69, 9.17) is 10.7 Å². The molecule has 0 radical (unpaired) electrons. The largest absolute Gasteiger partial charge is 0.383 e. The van der Waals surface area contributed by atoms with Crippen LogP contribution in [0.15, 0.2) is 12.3 Å². The minimum atomic E-state index is -1.00. The zero-order valence-electron chi connectivity index (χ0n) is 21.9. The second-order valence-corrected chi connectivity index (χ2v) is 10.9. The van der Waals surface area contributed by atoms with Crippen molar-refractivity contribution >= 4 is 33.3 Å². The SMILES string of the molecule is C#C.CC(C)(C)F.CCC.Cc1nc(NCC2CC2)nc(N)c1-c1nc2c(C3CC3)nccc2s1. The molecular weight excluding hydrogens is 459 g/mol. The Bertz CT molecular complexity index is 1080. The molecule has 2 saturated carbocycles. The second-order valence-electron chi connectivity index (χ2n) is 9.83. The predicted octanol–water partition coefficient (Wildman–Crippen LogP) is 7.16. The van der Waals surface area contributed by atoms with E-state index in [0.29, 0.717) is 17.7 Å². The number of nitrogens with zero attached hydrogens (tertiary/aromatic N) is 4. The molecule has 0 amide bonds. The molecule has 0 bridgehead atoms. The molecule has 3 heterocycles. The number of terminal acetylenes is 1. The molecule has 0 spiro atoms. The Kier molecular flexibility index (Phi) is 10.4. The number of thiazole rings is 1. The van der Waals surface area contributed by atoms with E-state index < -0.39 is 5.67 Å². The second kappa shape index (κ2) is 12.8. The molecule has 0 aromatic carbocycles. The fourth-order valence-corrected chi connectivity index (χ4v) is 4.21. The van der Waals surface area contributed by atoms with Gasteiger partial charge in [-0.3, -0.25) is 4.98 Å². The predicted molar refractivity (Wildman–Crippen MR) is 147 cm³/mol. The van der Waals surface area contributed by atoms with Crippen LogP contribution in [0.2, 0.25) is 0 Å².